The minimum atomic E-state index is -0.590. The molecule has 1 amide bonds. The van der Waals surface area contributed by atoms with E-state index in [-0.39, 0.29) is 5.91 Å². The SMILES string of the molecule is CCCNC(C)(CCCOCC)C(N)=O. The molecule has 4 heteroatoms. The summed E-state index contributed by atoms with van der Waals surface area (Å²) in [5.41, 5.74) is 4.79. The van der Waals surface area contributed by atoms with E-state index in [9.17, 15) is 4.79 Å². The second-order valence-electron chi connectivity index (χ2n) is 3.92. The molecule has 0 aliphatic rings. The maximum atomic E-state index is 11.3. The normalized spacial score (nSPS) is 14.9. The molecule has 0 fully saturated rings. The molecule has 0 aromatic heterocycles. The number of ether oxygens (including phenoxy) is 1. The Balaban J connectivity index is 3.96. The first-order valence-corrected chi connectivity index (χ1v) is 5.69. The highest BCUT2D eigenvalue weighted by Gasteiger charge is 2.29. The Hall–Kier alpha value is -0.610. The van der Waals surface area contributed by atoms with Gasteiger partial charge in [0.05, 0.1) is 5.54 Å². The average molecular weight is 216 g/mol. The van der Waals surface area contributed by atoms with Gasteiger partial charge in [-0.25, -0.2) is 0 Å². The first-order valence-electron chi connectivity index (χ1n) is 5.69. The van der Waals surface area contributed by atoms with Crippen molar-refractivity contribution in [1.29, 1.82) is 0 Å². The van der Waals surface area contributed by atoms with Crippen molar-refractivity contribution < 1.29 is 9.53 Å². The fourth-order valence-electron chi connectivity index (χ4n) is 1.37. The van der Waals surface area contributed by atoms with Crippen LogP contribution in [0, 0.1) is 0 Å². The van der Waals surface area contributed by atoms with E-state index in [0.717, 1.165) is 32.4 Å². The predicted molar refractivity (Wildman–Crippen MR) is 61.6 cm³/mol. The number of carbonyl (C=O) groups is 1. The molecule has 0 aliphatic heterocycles. The molecule has 0 aromatic rings. The number of amides is 1. The van der Waals surface area contributed by atoms with Gasteiger partial charge >= 0.3 is 0 Å². The van der Waals surface area contributed by atoms with Gasteiger partial charge in [-0.3, -0.25) is 4.79 Å². The first kappa shape index (κ1) is 14.4. The second-order valence-corrected chi connectivity index (χ2v) is 3.92. The molecule has 0 heterocycles. The van der Waals surface area contributed by atoms with Gasteiger partial charge in [0.25, 0.3) is 0 Å². The summed E-state index contributed by atoms with van der Waals surface area (Å²) in [4.78, 5) is 11.3. The van der Waals surface area contributed by atoms with Crippen LogP contribution < -0.4 is 11.1 Å². The Morgan fingerprint density at radius 1 is 1.47 bits per heavy atom. The van der Waals surface area contributed by atoms with Gasteiger partial charge in [-0.2, -0.15) is 0 Å². The Morgan fingerprint density at radius 2 is 2.13 bits per heavy atom. The number of nitrogens with one attached hydrogen (secondary N) is 1. The van der Waals surface area contributed by atoms with Crippen LogP contribution in [0.3, 0.4) is 0 Å². The van der Waals surface area contributed by atoms with Crippen molar-refractivity contribution in [3.63, 3.8) is 0 Å². The summed E-state index contributed by atoms with van der Waals surface area (Å²) in [6.07, 6.45) is 2.57. The third kappa shape index (κ3) is 5.74. The van der Waals surface area contributed by atoms with Crippen molar-refractivity contribution >= 4 is 5.91 Å². The number of hydrogen-bond acceptors (Lipinski definition) is 3. The van der Waals surface area contributed by atoms with E-state index in [0.29, 0.717) is 6.61 Å². The van der Waals surface area contributed by atoms with Gasteiger partial charge in [0.1, 0.15) is 0 Å². The lowest BCUT2D eigenvalue weighted by Crippen LogP contribution is -2.53. The summed E-state index contributed by atoms with van der Waals surface area (Å²) in [7, 11) is 0. The first-order chi connectivity index (χ1) is 7.06. The van der Waals surface area contributed by atoms with Crippen LogP contribution >= 0.6 is 0 Å². The van der Waals surface area contributed by atoms with E-state index in [1.165, 1.54) is 0 Å². The summed E-state index contributed by atoms with van der Waals surface area (Å²) in [6.45, 7) is 8.10. The molecule has 90 valence electrons. The number of hydrogen-bond donors (Lipinski definition) is 2. The minimum absolute atomic E-state index is 0.285. The molecule has 1 unspecified atom stereocenters. The zero-order valence-electron chi connectivity index (χ0n) is 10.1. The molecule has 0 aromatic carbocycles. The van der Waals surface area contributed by atoms with Gasteiger partial charge in [-0.1, -0.05) is 6.92 Å². The van der Waals surface area contributed by atoms with Crippen LogP contribution in [0.4, 0.5) is 0 Å². The fraction of sp³-hybridized carbons (Fsp3) is 0.909. The third-order valence-electron chi connectivity index (χ3n) is 2.48. The van der Waals surface area contributed by atoms with Gasteiger partial charge in [0, 0.05) is 13.2 Å². The third-order valence-corrected chi connectivity index (χ3v) is 2.48. The molecule has 1 atom stereocenters. The van der Waals surface area contributed by atoms with E-state index in [2.05, 4.69) is 12.2 Å². The lowest BCUT2D eigenvalue weighted by Gasteiger charge is -2.27. The molecular weight excluding hydrogens is 192 g/mol. The monoisotopic (exact) mass is 216 g/mol. The van der Waals surface area contributed by atoms with E-state index >= 15 is 0 Å². The standard InChI is InChI=1S/C11H24N2O2/c1-4-8-13-11(3,10(12)14)7-6-9-15-5-2/h13H,4-9H2,1-3H3,(H2,12,14). The number of rotatable bonds is 9. The summed E-state index contributed by atoms with van der Waals surface area (Å²) in [5, 5.41) is 3.19. The molecular formula is C11H24N2O2. The number of nitrogens with two attached hydrogens (primary N) is 1. The predicted octanol–water partition coefficient (Wildman–Crippen LogP) is 1.05. The van der Waals surface area contributed by atoms with E-state index in [1.54, 1.807) is 0 Å². The van der Waals surface area contributed by atoms with Crippen LogP contribution in [0.25, 0.3) is 0 Å². The molecule has 0 aliphatic carbocycles. The zero-order chi connectivity index (χ0) is 11.7. The van der Waals surface area contributed by atoms with Crippen molar-refractivity contribution in [2.24, 2.45) is 5.73 Å². The molecule has 0 rings (SSSR count). The molecule has 0 bridgehead atoms. The highest BCUT2D eigenvalue weighted by atomic mass is 16.5. The molecule has 3 N–H and O–H groups in total. The molecule has 15 heavy (non-hydrogen) atoms. The fourth-order valence-corrected chi connectivity index (χ4v) is 1.37. The average Bonchev–Trinajstić information content (AvgIpc) is 2.21. The van der Waals surface area contributed by atoms with Crippen LogP contribution in [-0.2, 0) is 9.53 Å². The van der Waals surface area contributed by atoms with E-state index in [4.69, 9.17) is 10.5 Å². The Kier molecular flexibility index (Phi) is 7.34. The lowest BCUT2D eigenvalue weighted by molar-refractivity contribution is -0.124. The van der Waals surface area contributed by atoms with Gasteiger partial charge in [-0.05, 0) is 39.7 Å². The minimum Gasteiger partial charge on any atom is -0.382 e. The Bertz CT molecular complexity index is 185. The smallest absolute Gasteiger partial charge is 0.237 e. The zero-order valence-corrected chi connectivity index (χ0v) is 10.1. The largest absolute Gasteiger partial charge is 0.382 e. The molecule has 0 radical (unpaired) electrons. The van der Waals surface area contributed by atoms with Crippen molar-refractivity contribution in [3.05, 3.63) is 0 Å². The number of carbonyl (C=O) groups excluding carboxylic acids is 1. The van der Waals surface area contributed by atoms with Crippen LogP contribution in [0.15, 0.2) is 0 Å². The maximum Gasteiger partial charge on any atom is 0.237 e. The van der Waals surface area contributed by atoms with Gasteiger partial charge in [0.2, 0.25) is 5.91 Å². The van der Waals surface area contributed by atoms with Crippen LogP contribution in [0.1, 0.15) is 40.0 Å². The van der Waals surface area contributed by atoms with Crippen molar-refractivity contribution in [2.45, 2.75) is 45.6 Å². The van der Waals surface area contributed by atoms with Crippen LogP contribution in [0.2, 0.25) is 0 Å². The second kappa shape index (κ2) is 7.65. The Labute approximate surface area is 92.6 Å². The van der Waals surface area contributed by atoms with Gasteiger partial charge in [-0.15, -0.1) is 0 Å². The summed E-state index contributed by atoms with van der Waals surface area (Å²) >= 11 is 0. The summed E-state index contributed by atoms with van der Waals surface area (Å²) in [5.74, 6) is -0.285. The topological polar surface area (TPSA) is 64.3 Å². The van der Waals surface area contributed by atoms with E-state index in [1.807, 2.05) is 13.8 Å². The molecule has 4 nitrogen and oxygen atoms in total. The van der Waals surface area contributed by atoms with Crippen molar-refractivity contribution in [1.82, 2.24) is 5.32 Å². The quantitative estimate of drug-likeness (QED) is 0.566. The van der Waals surface area contributed by atoms with Crippen molar-refractivity contribution in [3.8, 4) is 0 Å². The summed E-state index contributed by atoms with van der Waals surface area (Å²) in [6, 6.07) is 0. The van der Waals surface area contributed by atoms with Crippen LogP contribution in [0.5, 0.6) is 0 Å². The van der Waals surface area contributed by atoms with Crippen molar-refractivity contribution in [2.75, 3.05) is 19.8 Å². The molecule has 0 saturated heterocycles. The maximum absolute atomic E-state index is 11.3. The van der Waals surface area contributed by atoms with Crippen LogP contribution in [-0.4, -0.2) is 31.2 Å². The van der Waals surface area contributed by atoms with Gasteiger partial charge in [0.15, 0.2) is 0 Å². The molecule has 0 spiro atoms. The number of primary amides is 1. The lowest BCUT2D eigenvalue weighted by atomic mass is 9.95. The highest BCUT2D eigenvalue weighted by molar-refractivity contribution is 5.84. The van der Waals surface area contributed by atoms with E-state index < -0.39 is 5.54 Å². The molecule has 0 saturated carbocycles. The van der Waals surface area contributed by atoms with Gasteiger partial charge < -0.3 is 15.8 Å². The Morgan fingerprint density at radius 3 is 2.60 bits per heavy atom. The highest BCUT2D eigenvalue weighted by Crippen LogP contribution is 2.12. The summed E-state index contributed by atoms with van der Waals surface area (Å²) < 4.78 is 5.23.